The Hall–Kier alpha value is -3.14. The molecule has 1 amide bonds. The molecule has 3 aromatic rings. The molecule has 10 heteroatoms. The van der Waals surface area contributed by atoms with E-state index < -0.39 is 21.4 Å². The zero-order valence-corrected chi connectivity index (χ0v) is 20.4. The number of sulfonamides is 1. The highest BCUT2D eigenvalue weighted by Crippen LogP contribution is 2.19. The van der Waals surface area contributed by atoms with Gasteiger partial charge in [0.1, 0.15) is 6.61 Å². The van der Waals surface area contributed by atoms with Gasteiger partial charge in [-0.2, -0.15) is 0 Å². The van der Waals surface area contributed by atoms with Gasteiger partial charge in [-0.25, -0.2) is 13.1 Å². The van der Waals surface area contributed by atoms with Crippen molar-refractivity contribution >= 4 is 27.5 Å². The number of benzene rings is 2. The Morgan fingerprint density at radius 2 is 1.82 bits per heavy atom. The molecule has 2 N–H and O–H groups in total. The number of carbonyl (C=O) groups is 1. The van der Waals surface area contributed by atoms with Gasteiger partial charge in [0.2, 0.25) is 15.5 Å². The summed E-state index contributed by atoms with van der Waals surface area (Å²) < 4.78 is 35.1. The number of nitrogens with zero attached hydrogens (tertiary/aromatic N) is 1. The topological polar surface area (TPSA) is 106 Å². The molecule has 0 saturated heterocycles. The minimum Gasteiger partial charge on any atom is -0.483 e. The lowest BCUT2D eigenvalue weighted by Crippen LogP contribution is -2.33. The third-order valence-electron chi connectivity index (χ3n) is 5.03. The van der Waals surface area contributed by atoms with E-state index in [2.05, 4.69) is 10.0 Å². The molecule has 2 aromatic carbocycles. The van der Waals surface area contributed by atoms with E-state index in [9.17, 15) is 18.0 Å². The van der Waals surface area contributed by atoms with Crippen LogP contribution in [0.15, 0.2) is 70.4 Å². The standard InChI is InChI=1S/C24H26ClN3O5S/c1-3-12-26-24(30)22-23(33-16-17-8-5-4-6-9-17)21(29)14-19(28(22)2)15-27-34(31,32)20-11-7-10-18(25)13-20/h4-11,13-14,27H,3,12,15-16H2,1-2H3,(H,26,30). The number of pyridine rings is 1. The Labute approximate surface area is 203 Å². The number of carbonyl (C=O) groups excluding carboxylic acids is 1. The molecule has 3 rings (SSSR count). The Balaban J connectivity index is 1.93. The first-order valence-electron chi connectivity index (χ1n) is 10.7. The average molecular weight is 504 g/mol. The zero-order chi connectivity index (χ0) is 24.7. The van der Waals surface area contributed by atoms with Crippen molar-refractivity contribution in [2.24, 2.45) is 7.05 Å². The van der Waals surface area contributed by atoms with E-state index >= 15 is 0 Å². The first-order valence-corrected chi connectivity index (χ1v) is 12.5. The molecule has 0 aliphatic carbocycles. The van der Waals surface area contributed by atoms with Crippen molar-refractivity contribution in [1.82, 2.24) is 14.6 Å². The lowest BCUT2D eigenvalue weighted by molar-refractivity contribution is 0.0938. The minimum absolute atomic E-state index is 0.00581. The normalized spacial score (nSPS) is 11.3. The van der Waals surface area contributed by atoms with E-state index in [1.807, 2.05) is 37.3 Å². The maximum atomic E-state index is 12.9. The van der Waals surface area contributed by atoms with E-state index in [0.29, 0.717) is 18.7 Å². The lowest BCUT2D eigenvalue weighted by atomic mass is 10.2. The van der Waals surface area contributed by atoms with Gasteiger partial charge in [-0.1, -0.05) is 54.9 Å². The molecule has 180 valence electrons. The van der Waals surface area contributed by atoms with Crippen LogP contribution in [0.4, 0.5) is 0 Å². The maximum absolute atomic E-state index is 12.9. The summed E-state index contributed by atoms with van der Waals surface area (Å²) in [5.74, 6) is -0.578. The fourth-order valence-electron chi connectivity index (χ4n) is 3.23. The number of rotatable bonds is 10. The summed E-state index contributed by atoms with van der Waals surface area (Å²) >= 11 is 5.91. The van der Waals surface area contributed by atoms with Crippen LogP contribution in [0.25, 0.3) is 0 Å². The van der Waals surface area contributed by atoms with Gasteiger partial charge >= 0.3 is 0 Å². The molecular weight excluding hydrogens is 478 g/mol. The third kappa shape index (κ3) is 6.25. The van der Waals surface area contributed by atoms with Gasteiger partial charge in [0.25, 0.3) is 5.91 Å². The number of aromatic nitrogens is 1. The van der Waals surface area contributed by atoms with Crippen LogP contribution < -0.4 is 20.2 Å². The van der Waals surface area contributed by atoms with Crippen LogP contribution in [0, 0.1) is 0 Å². The molecule has 0 aliphatic rings. The largest absolute Gasteiger partial charge is 0.483 e. The van der Waals surface area contributed by atoms with Gasteiger partial charge in [-0.3, -0.25) is 9.59 Å². The number of ether oxygens (including phenoxy) is 1. The van der Waals surface area contributed by atoms with Crippen LogP contribution in [0.2, 0.25) is 5.02 Å². The van der Waals surface area contributed by atoms with Gasteiger partial charge in [-0.05, 0) is 30.2 Å². The molecule has 0 unspecified atom stereocenters. The Morgan fingerprint density at radius 1 is 1.09 bits per heavy atom. The van der Waals surface area contributed by atoms with Gasteiger partial charge < -0.3 is 14.6 Å². The summed E-state index contributed by atoms with van der Waals surface area (Å²) in [6.07, 6.45) is 0.707. The molecule has 8 nitrogen and oxygen atoms in total. The summed E-state index contributed by atoms with van der Waals surface area (Å²) in [4.78, 5) is 25.8. The second-order valence-corrected chi connectivity index (χ2v) is 9.75. The van der Waals surface area contributed by atoms with E-state index in [-0.39, 0.29) is 34.5 Å². The Bertz CT molecular complexity index is 1320. The maximum Gasteiger partial charge on any atom is 0.271 e. The molecule has 0 saturated carbocycles. The second-order valence-electron chi connectivity index (χ2n) is 7.55. The molecule has 0 fully saturated rings. The predicted molar refractivity (Wildman–Crippen MR) is 131 cm³/mol. The first-order chi connectivity index (χ1) is 16.2. The molecular formula is C24H26ClN3O5S. The summed E-state index contributed by atoms with van der Waals surface area (Å²) in [5, 5.41) is 3.04. The van der Waals surface area contributed by atoms with E-state index in [0.717, 1.165) is 5.56 Å². The molecule has 0 aliphatic heterocycles. The zero-order valence-electron chi connectivity index (χ0n) is 18.9. The van der Waals surface area contributed by atoms with Gasteiger partial charge in [0.15, 0.2) is 11.4 Å². The molecule has 1 heterocycles. The predicted octanol–water partition coefficient (Wildman–Crippen LogP) is 3.24. The Morgan fingerprint density at radius 3 is 2.50 bits per heavy atom. The molecule has 0 spiro atoms. The van der Waals surface area contributed by atoms with Crippen molar-refractivity contribution in [3.63, 3.8) is 0 Å². The van der Waals surface area contributed by atoms with E-state index in [1.165, 1.54) is 28.8 Å². The first kappa shape index (κ1) is 25.5. The highest BCUT2D eigenvalue weighted by atomic mass is 35.5. The van der Waals surface area contributed by atoms with Crippen molar-refractivity contribution in [3.8, 4) is 5.75 Å². The van der Waals surface area contributed by atoms with Crippen molar-refractivity contribution in [2.45, 2.75) is 31.4 Å². The summed E-state index contributed by atoms with van der Waals surface area (Å²) in [5.41, 5.74) is 0.633. The summed E-state index contributed by atoms with van der Waals surface area (Å²) in [6, 6.07) is 16.4. The van der Waals surface area contributed by atoms with Crippen LogP contribution in [-0.4, -0.2) is 25.4 Å². The number of hydrogen-bond acceptors (Lipinski definition) is 5. The van der Waals surface area contributed by atoms with Crippen molar-refractivity contribution < 1.29 is 17.9 Å². The number of nitrogens with one attached hydrogen (secondary N) is 2. The fraction of sp³-hybridized carbons (Fsp3) is 0.250. The lowest BCUT2D eigenvalue weighted by Gasteiger charge is -2.18. The van der Waals surface area contributed by atoms with Crippen LogP contribution in [0.1, 0.15) is 35.1 Å². The van der Waals surface area contributed by atoms with E-state index in [4.69, 9.17) is 16.3 Å². The molecule has 0 bridgehead atoms. The van der Waals surface area contributed by atoms with Gasteiger partial charge in [0.05, 0.1) is 11.4 Å². The Kier molecular flexibility index (Phi) is 8.49. The van der Waals surface area contributed by atoms with E-state index in [1.54, 1.807) is 13.1 Å². The quantitative estimate of drug-likeness (QED) is 0.442. The number of hydrogen-bond donors (Lipinski definition) is 2. The molecule has 0 radical (unpaired) electrons. The minimum atomic E-state index is -3.90. The van der Waals surface area contributed by atoms with Crippen molar-refractivity contribution in [1.29, 1.82) is 0 Å². The summed E-state index contributed by atoms with van der Waals surface area (Å²) in [6.45, 7) is 2.21. The van der Waals surface area contributed by atoms with Gasteiger partial charge in [0, 0.05) is 30.4 Å². The van der Waals surface area contributed by atoms with Crippen LogP contribution in [0.5, 0.6) is 5.75 Å². The second kappa shape index (κ2) is 11.3. The number of halogens is 1. The average Bonchev–Trinajstić information content (AvgIpc) is 2.82. The smallest absolute Gasteiger partial charge is 0.271 e. The van der Waals surface area contributed by atoms with Gasteiger partial charge in [-0.15, -0.1) is 0 Å². The van der Waals surface area contributed by atoms with Crippen molar-refractivity contribution in [2.75, 3.05) is 6.54 Å². The molecule has 0 atom stereocenters. The fourth-order valence-corrected chi connectivity index (χ4v) is 4.53. The van der Waals surface area contributed by atoms with Crippen LogP contribution in [-0.2, 0) is 30.2 Å². The SMILES string of the molecule is CCCNC(=O)c1c(OCc2ccccc2)c(=O)cc(CNS(=O)(=O)c2cccc(Cl)c2)n1C. The van der Waals surface area contributed by atoms with Crippen LogP contribution in [0.3, 0.4) is 0 Å². The monoisotopic (exact) mass is 503 g/mol. The molecule has 34 heavy (non-hydrogen) atoms. The number of amides is 1. The summed E-state index contributed by atoms with van der Waals surface area (Å²) in [7, 11) is -2.31. The van der Waals surface area contributed by atoms with Crippen molar-refractivity contribution in [3.05, 3.63) is 92.9 Å². The van der Waals surface area contributed by atoms with Crippen LogP contribution >= 0.6 is 11.6 Å². The third-order valence-corrected chi connectivity index (χ3v) is 6.66. The highest BCUT2D eigenvalue weighted by molar-refractivity contribution is 7.89. The highest BCUT2D eigenvalue weighted by Gasteiger charge is 2.23. The molecule has 1 aromatic heterocycles.